The largest absolute Gasteiger partial charge is 0.378 e. The number of hydrogen-bond donors (Lipinski definition) is 2. The molecule has 2 aromatic rings. The van der Waals surface area contributed by atoms with Gasteiger partial charge in [-0.3, -0.25) is 14.9 Å². The summed E-state index contributed by atoms with van der Waals surface area (Å²) in [6, 6.07) is 6.43. The van der Waals surface area contributed by atoms with Gasteiger partial charge in [0, 0.05) is 25.6 Å². The van der Waals surface area contributed by atoms with Gasteiger partial charge in [0.05, 0.1) is 15.6 Å². The Balaban J connectivity index is 1.87. The fraction of sp³-hybridized carbons (Fsp3) is 0.412. The Morgan fingerprint density at radius 2 is 2.04 bits per heavy atom. The number of rotatable bonds is 8. The zero-order valence-corrected chi connectivity index (χ0v) is 15.4. The number of carbonyl (C=O) groups excluding carboxylic acids is 1. The second-order valence-electron chi connectivity index (χ2n) is 6.08. The van der Waals surface area contributed by atoms with Crippen LogP contribution in [-0.4, -0.2) is 28.9 Å². The molecule has 0 radical (unpaired) electrons. The summed E-state index contributed by atoms with van der Waals surface area (Å²) in [5, 5.41) is 17.7. The number of nitro groups is 1. The summed E-state index contributed by atoms with van der Waals surface area (Å²) in [4.78, 5) is 27.9. The van der Waals surface area contributed by atoms with Crippen LogP contribution in [0.4, 0.5) is 11.4 Å². The number of thiazole rings is 1. The van der Waals surface area contributed by atoms with E-state index in [2.05, 4.69) is 29.5 Å². The van der Waals surface area contributed by atoms with Crippen LogP contribution in [0.2, 0.25) is 0 Å². The van der Waals surface area contributed by atoms with Crippen molar-refractivity contribution in [1.29, 1.82) is 0 Å². The Morgan fingerprint density at radius 1 is 1.32 bits per heavy atom. The minimum atomic E-state index is -0.433. The molecule has 0 saturated carbocycles. The summed E-state index contributed by atoms with van der Waals surface area (Å²) in [5.74, 6) is 0.335. The van der Waals surface area contributed by atoms with Gasteiger partial charge >= 0.3 is 0 Å². The molecule has 25 heavy (non-hydrogen) atoms. The van der Waals surface area contributed by atoms with Crippen molar-refractivity contribution in [3.05, 3.63) is 50.0 Å². The standard InChI is InChI=1S/C17H22N4O3S/c1-11(2)10-15-20-12(3)16(25-15)17(22)19-9-8-18-13-6-4-5-7-14(13)21(23)24/h4-7,11,18H,8-10H2,1-3H3,(H,19,22). The highest BCUT2D eigenvalue weighted by molar-refractivity contribution is 7.13. The van der Waals surface area contributed by atoms with Gasteiger partial charge in [-0.1, -0.05) is 26.0 Å². The van der Waals surface area contributed by atoms with Crippen molar-refractivity contribution in [1.82, 2.24) is 10.3 Å². The average molecular weight is 362 g/mol. The minimum Gasteiger partial charge on any atom is -0.378 e. The summed E-state index contributed by atoms with van der Waals surface area (Å²) in [6.45, 7) is 6.83. The van der Waals surface area contributed by atoms with E-state index in [9.17, 15) is 14.9 Å². The van der Waals surface area contributed by atoms with E-state index in [0.717, 1.165) is 17.1 Å². The molecule has 2 N–H and O–H groups in total. The van der Waals surface area contributed by atoms with E-state index in [1.54, 1.807) is 18.2 Å². The first kappa shape index (κ1) is 18.9. The number of aromatic nitrogens is 1. The summed E-state index contributed by atoms with van der Waals surface area (Å²) >= 11 is 1.42. The van der Waals surface area contributed by atoms with Crippen LogP contribution in [0.1, 0.15) is 34.2 Å². The first-order valence-corrected chi connectivity index (χ1v) is 8.92. The second-order valence-corrected chi connectivity index (χ2v) is 7.16. The molecule has 0 aliphatic carbocycles. The van der Waals surface area contributed by atoms with Crippen LogP contribution in [0.25, 0.3) is 0 Å². The molecule has 134 valence electrons. The molecule has 0 aliphatic rings. The molecular formula is C17H22N4O3S. The van der Waals surface area contributed by atoms with Crippen LogP contribution in [0.3, 0.4) is 0 Å². The van der Waals surface area contributed by atoms with Gasteiger partial charge in [0.25, 0.3) is 11.6 Å². The minimum absolute atomic E-state index is 0.0189. The molecule has 1 aromatic carbocycles. The first-order valence-electron chi connectivity index (χ1n) is 8.10. The second kappa shape index (κ2) is 8.57. The quantitative estimate of drug-likeness (QED) is 0.426. The number of aryl methyl sites for hydroxylation is 1. The third-order valence-corrected chi connectivity index (χ3v) is 4.64. The number of hydrogen-bond acceptors (Lipinski definition) is 6. The van der Waals surface area contributed by atoms with E-state index in [1.165, 1.54) is 17.4 Å². The Bertz CT molecular complexity index is 758. The maximum Gasteiger partial charge on any atom is 0.292 e. The van der Waals surface area contributed by atoms with Gasteiger partial charge in [-0.15, -0.1) is 11.3 Å². The predicted molar refractivity (Wildman–Crippen MR) is 99.3 cm³/mol. The van der Waals surface area contributed by atoms with E-state index in [-0.39, 0.29) is 11.6 Å². The number of benzene rings is 1. The van der Waals surface area contributed by atoms with Crippen LogP contribution in [-0.2, 0) is 6.42 Å². The lowest BCUT2D eigenvalue weighted by atomic mass is 10.1. The first-order chi connectivity index (χ1) is 11.9. The molecular weight excluding hydrogens is 340 g/mol. The van der Waals surface area contributed by atoms with Gasteiger partial charge in [-0.05, 0) is 18.9 Å². The Morgan fingerprint density at radius 3 is 2.72 bits per heavy atom. The molecule has 2 rings (SSSR count). The number of nitro benzene ring substituents is 1. The lowest BCUT2D eigenvalue weighted by Crippen LogP contribution is -2.28. The lowest BCUT2D eigenvalue weighted by molar-refractivity contribution is -0.384. The van der Waals surface area contributed by atoms with Crippen LogP contribution < -0.4 is 10.6 Å². The van der Waals surface area contributed by atoms with E-state index < -0.39 is 4.92 Å². The van der Waals surface area contributed by atoms with Gasteiger partial charge in [0.2, 0.25) is 0 Å². The molecule has 0 spiro atoms. The monoisotopic (exact) mass is 362 g/mol. The van der Waals surface area contributed by atoms with Gasteiger partial charge < -0.3 is 10.6 Å². The van der Waals surface area contributed by atoms with E-state index in [1.807, 2.05) is 6.92 Å². The molecule has 8 heteroatoms. The molecule has 0 unspecified atom stereocenters. The van der Waals surface area contributed by atoms with Crippen molar-refractivity contribution in [3.8, 4) is 0 Å². The molecule has 0 fully saturated rings. The van der Waals surface area contributed by atoms with Crippen molar-refractivity contribution in [2.75, 3.05) is 18.4 Å². The highest BCUT2D eigenvalue weighted by Gasteiger charge is 2.16. The number of para-hydroxylation sites is 2. The van der Waals surface area contributed by atoms with Gasteiger partial charge in [0.1, 0.15) is 10.6 Å². The van der Waals surface area contributed by atoms with Crippen molar-refractivity contribution in [3.63, 3.8) is 0 Å². The number of carbonyl (C=O) groups is 1. The maximum absolute atomic E-state index is 12.3. The fourth-order valence-electron chi connectivity index (χ4n) is 2.34. The zero-order chi connectivity index (χ0) is 18.4. The van der Waals surface area contributed by atoms with Gasteiger partial charge in [0.15, 0.2) is 0 Å². The van der Waals surface area contributed by atoms with Gasteiger partial charge in [-0.25, -0.2) is 4.98 Å². The lowest BCUT2D eigenvalue weighted by Gasteiger charge is -2.08. The normalized spacial score (nSPS) is 10.7. The van der Waals surface area contributed by atoms with Crippen molar-refractivity contribution >= 4 is 28.6 Å². The van der Waals surface area contributed by atoms with Crippen LogP contribution >= 0.6 is 11.3 Å². The summed E-state index contributed by atoms with van der Waals surface area (Å²) in [7, 11) is 0. The van der Waals surface area contributed by atoms with Crippen molar-refractivity contribution < 1.29 is 9.72 Å². The molecule has 0 aliphatic heterocycles. The average Bonchev–Trinajstić information content (AvgIpc) is 2.91. The highest BCUT2D eigenvalue weighted by atomic mass is 32.1. The van der Waals surface area contributed by atoms with Gasteiger partial charge in [-0.2, -0.15) is 0 Å². The molecule has 1 aromatic heterocycles. The van der Waals surface area contributed by atoms with Crippen molar-refractivity contribution in [2.24, 2.45) is 5.92 Å². The van der Waals surface area contributed by atoms with Crippen LogP contribution in [0, 0.1) is 23.0 Å². The summed E-state index contributed by atoms with van der Waals surface area (Å²) in [5.41, 5.74) is 1.20. The van der Waals surface area contributed by atoms with E-state index >= 15 is 0 Å². The Hall–Kier alpha value is -2.48. The fourth-order valence-corrected chi connectivity index (χ4v) is 3.53. The molecule has 1 heterocycles. The highest BCUT2D eigenvalue weighted by Crippen LogP contribution is 2.23. The van der Waals surface area contributed by atoms with Crippen molar-refractivity contribution in [2.45, 2.75) is 27.2 Å². The third-order valence-electron chi connectivity index (χ3n) is 3.46. The molecule has 7 nitrogen and oxygen atoms in total. The summed E-state index contributed by atoms with van der Waals surface area (Å²) < 4.78 is 0. The Kier molecular flexibility index (Phi) is 6.46. The zero-order valence-electron chi connectivity index (χ0n) is 14.5. The number of nitrogens with one attached hydrogen (secondary N) is 2. The topological polar surface area (TPSA) is 97.2 Å². The smallest absolute Gasteiger partial charge is 0.292 e. The predicted octanol–water partition coefficient (Wildman–Crippen LogP) is 3.40. The molecule has 0 saturated heterocycles. The number of anilines is 1. The number of nitrogens with zero attached hydrogens (tertiary/aromatic N) is 2. The summed E-state index contributed by atoms with van der Waals surface area (Å²) in [6.07, 6.45) is 0.859. The molecule has 1 amide bonds. The Labute approximate surface area is 150 Å². The van der Waals surface area contributed by atoms with E-state index in [0.29, 0.717) is 29.6 Å². The molecule has 0 atom stereocenters. The van der Waals surface area contributed by atoms with Crippen LogP contribution in [0.5, 0.6) is 0 Å². The van der Waals surface area contributed by atoms with Crippen LogP contribution in [0.15, 0.2) is 24.3 Å². The van der Waals surface area contributed by atoms with E-state index in [4.69, 9.17) is 0 Å². The SMILES string of the molecule is Cc1nc(CC(C)C)sc1C(=O)NCCNc1ccccc1[N+](=O)[O-]. The number of amides is 1. The maximum atomic E-state index is 12.3. The molecule has 0 bridgehead atoms. The third kappa shape index (κ3) is 5.25.